The molecule has 0 saturated heterocycles. The van der Waals surface area contributed by atoms with E-state index in [9.17, 15) is 19.4 Å². The average Bonchev–Trinajstić information content (AvgIpc) is 3.15. The van der Waals surface area contributed by atoms with Crippen molar-refractivity contribution >= 4 is 13.8 Å². The summed E-state index contributed by atoms with van der Waals surface area (Å²) in [7, 11) is -4.51. The second kappa shape index (κ2) is 41.1. The first-order valence-corrected chi connectivity index (χ1v) is 24.0. The van der Waals surface area contributed by atoms with Crippen LogP contribution in [0.15, 0.2) is 0 Å². The maximum Gasteiger partial charge on any atom is 0.472 e. The molecule has 0 rings (SSSR count). The number of esters is 1. The number of aliphatic hydroxyl groups is 2. The van der Waals surface area contributed by atoms with Gasteiger partial charge < -0.3 is 24.6 Å². The minimum Gasteiger partial charge on any atom is -0.457 e. The molecule has 53 heavy (non-hydrogen) atoms. The minimum absolute atomic E-state index is 0.0582. The molecule has 0 aliphatic rings. The number of phosphoric ester groups is 1. The molecule has 0 aromatic heterocycles. The molecule has 0 amide bonds. The van der Waals surface area contributed by atoms with Crippen molar-refractivity contribution in [3.05, 3.63) is 0 Å². The number of phosphoric acid groups is 1. The number of carbonyl (C=O) groups is 1. The smallest absolute Gasteiger partial charge is 0.457 e. The lowest BCUT2D eigenvalue weighted by Gasteiger charge is -2.20. The molecule has 0 aliphatic carbocycles. The molecular formula is C43H87O9P. The SMILES string of the molecule is CCCCCCCCCCCCCCCCCCCC(=O)OC(COCCCCCCCCCCCCCCCCC)COP(=O)(O)OCC(O)CO. The van der Waals surface area contributed by atoms with Crippen LogP contribution < -0.4 is 0 Å². The third-order valence-electron chi connectivity index (χ3n) is 10.0. The predicted molar refractivity (Wildman–Crippen MR) is 219 cm³/mol. The Morgan fingerprint density at radius 2 is 0.849 bits per heavy atom. The summed E-state index contributed by atoms with van der Waals surface area (Å²) in [6, 6.07) is 0. The van der Waals surface area contributed by atoms with Gasteiger partial charge in [0.2, 0.25) is 0 Å². The van der Waals surface area contributed by atoms with Crippen molar-refractivity contribution in [2.75, 3.05) is 33.0 Å². The molecule has 0 aliphatic heterocycles. The number of carbonyl (C=O) groups excluding carboxylic acids is 1. The first-order chi connectivity index (χ1) is 25.8. The molecule has 0 bridgehead atoms. The van der Waals surface area contributed by atoms with E-state index in [0.29, 0.717) is 6.61 Å². The topological polar surface area (TPSA) is 132 Å². The van der Waals surface area contributed by atoms with Crippen LogP contribution in [0.4, 0.5) is 0 Å². The van der Waals surface area contributed by atoms with Gasteiger partial charge in [-0.15, -0.1) is 0 Å². The summed E-state index contributed by atoms with van der Waals surface area (Å²) in [5.41, 5.74) is 0. The molecule has 9 nitrogen and oxygen atoms in total. The highest BCUT2D eigenvalue weighted by Gasteiger charge is 2.26. The molecular weight excluding hydrogens is 691 g/mol. The van der Waals surface area contributed by atoms with Gasteiger partial charge in [-0.05, 0) is 12.8 Å². The summed E-state index contributed by atoms with van der Waals surface area (Å²) in [4.78, 5) is 22.6. The highest BCUT2D eigenvalue weighted by atomic mass is 31.2. The zero-order valence-corrected chi connectivity index (χ0v) is 35.7. The van der Waals surface area contributed by atoms with Crippen LogP contribution >= 0.6 is 7.82 Å². The van der Waals surface area contributed by atoms with Gasteiger partial charge >= 0.3 is 13.8 Å². The molecule has 0 saturated carbocycles. The van der Waals surface area contributed by atoms with Crippen LogP contribution in [0, 0.1) is 0 Å². The fourth-order valence-electron chi connectivity index (χ4n) is 6.59. The van der Waals surface area contributed by atoms with Crippen LogP contribution in [-0.2, 0) is 27.9 Å². The zero-order valence-electron chi connectivity index (χ0n) is 34.8. The average molecular weight is 779 g/mol. The first kappa shape index (κ1) is 52.5. The number of rotatable bonds is 44. The Balaban J connectivity index is 4.10. The van der Waals surface area contributed by atoms with E-state index in [0.717, 1.165) is 32.1 Å². The third kappa shape index (κ3) is 40.9. The molecule has 3 unspecified atom stereocenters. The Morgan fingerprint density at radius 3 is 1.23 bits per heavy atom. The monoisotopic (exact) mass is 779 g/mol. The van der Waals surface area contributed by atoms with Gasteiger partial charge in [-0.1, -0.05) is 206 Å². The summed E-state index contributed by atoms with van der Waals surface area (Å²) >= 11 is 0. The van der Waals surface area contributed by atoms with E-state index in [1.807, 2.05) is 0 Å². The van der Waals surface area contributed by atoms with E-state index in [1.165, 1.54) is 173 Å². The van der Waals surface area contributed by atoms with Gasteiger partial charge in [-0.25, -0.2) is 4.57 Å². The molecule has 0 aromatic carbocycles. The van der Waals surface area contributed by atoms with Gasteiger partial charge in [0.05, 0.1) is 26.4 Å². The van der Waals surface area contributed by atoms with Crippen LogP contribution in [0.2, 0.25) is 0 Å². The molecule has 0 spiro atoms. The summed E-state index contributed by atoms with van der Waals surface area (Å²) in [5, 5.41) is 18.3. The fraction of sp³-hybridized carbons (Fsp3) is 0.977. The molecule has 0 radical (unpaired) electrons. The standard InChI is InChI=1S/C43H87O9P/c1-3-5-7-9-11-13-15-17-19-20-21-23-25-27-29-31-33-35-43(46)52-42(40-51-53(47,48)50-38-41(45)37-44)39-49-36-34-32-30-28-26-24-22-18-16-14-12-10-8-6-4-2/h41-42,44-45H,3-40H2,1-2H3,(H,47,48). The normalized spacial score (nSPS) is 14.0. The van der Waals surface area contributed by atoms with Gasteiger partial charge in [-0.3, -0.25) is 13.8 Å². The molecule has 0 fully saturated rings. The van der Waals surface area contributed by atoms with Gasteiger partial charge in [0.25, 0.3) is 0 Å². The van der Waals surface area contributed by atoms with Crippen molar-refractivity contribution in [3.8, 4) is 0 Å². The maximum absolute atomic E-state index is 12.6. The maximum atomic E-state index is 12.6. The number of ether oxygens (including phenoxy) is 2. The number of aliphatic hydroxyl groups excluding tert-OH is 2. The van der Waals surface area contributed by atoms with E-state index in [4.69, 9.17) is 23.6 Å². The fourth-order valence-corrected chi connectivity index (χ4v) is 7.38. The second-order valence-corrected chi connectivity index (χ2v) is 16.9. The molecule has 0 heterocycles. The van der Waals surface area contributed by atoms with Crippen LogP contribution in [0.3, 0.4) is 0 Å². The zero-order chi connectivity index (χ0) is 38.9. The number of hydrogen-bond acceptors (Lipinski definition) is 8. The lowest BCUT2D eigenvalue weighted by molar-refractivity contribution is -0.154. The van der Waals surface area contributed by atoms with Gasteiger partial charge in [0.1, 0.15) is 12.2 Å². The van der Waals surface area contributed by atoms with Gasteiger partial charge in [-0.2, -0.15) is 0 Å². The van der Waals surface area contributed by atoms with Gasteiger partial charge in [0.15, 0.2) is 0 Å². The Hall–Kier alpha value is -0.540. The van der Waals surface area contributed by atoms with Crippen molar-refractivity contribution in [2.45, 2.75) is 238 Å². The summed E-state index contributed by atoms with van der Waals surface area (Å²) < 4.78 is 33.4. The second-order valence-electron chi connectivity index (χ2n) is 15.4. The Kier molecular flexibility index (Phi) is 40.7. The highest BCUT2D eigenvalue weighted by molar-refractivity contribution is 7.47. The number of unbranched alkanes of at least 4 members (excludes halogenated alkanes) is 30. The summed E-state index contributed by atoms with van der Waals surface area (Å²) in [6.45, 7) is 3.58. The van der Waals surface area contributed by atoms with E-state index < -0.39 is 33.2 Å². The number of hydrogen-bond donors (Lipinski definition) is 3. The Bertz CT molecular complexity index is 800. The quantitative estimate of drug-likeness (QED) is 0.0314. The summed E-state index contributed by atoms with van der Waals surface area (Å²) in [6.07, 6.45) is 39.1. The van der Waals surface area contributed by atoms with E-state index in [1.54, 1.807) is 0 Å². The van der Waals surface area contributed by atoms with Crippen molar-refractivity contribution < 1.29 is 43.0 Å². The lowest BCUT2D eigenvalue weighted by Crippen LogP contribution is -2.29. The molecule has 3 atom stereocenters. The Labute approximate surface area is 327 Å². The third-order valence-corrected chi connectivity index (χ3v) is 11.0. The lowest BCUT2D eigenvalue weighted by atomic mass is 10.0. The first-order valence-electron chi connectivity index (χ1n) is 22.5. The van der Waals surface area contributed by atoms with Gasteiger partial charge in [0, 0.05) is 13.0 Å². The van der Waals surface area contributed by atoms with Crippen LogP contribution in [0.1, 0.15) is 226 Å². The molecule has 0 aromatic rings. The predicted octanol–water partition coefficient (Wildman–Crippen LogP) is 12.3. The van der Waals surface area contributed by atoms with Crippen LogP contribution in [0.25, 0.3) is 0 Å². The van der Waals surface area contributed by atoms with Crippen molar-refractivity contribution in [3.63, 3.8) is 0 Å². The van der Waals surface area contributed by atoms with Crippen molar-refractivity contribution in [1.29, 1.82) is 0 Å². The van der Waals surface area contributed by atoms with Crippen molar-refractivity contribution in [1.82, 2.24) is 0 Å². The van der Waals surface area contributed by atoms with Crippen LogP contribution in [0.5, 0.6) is 0 Å². The minimum atomic E-state index is -4.51. The Morgan fingerprint density at radius 1 is 0.509 bits per heavy atom. The highest BCUT2D eigenvalue weighted by Crippen LogP contribution is 2.43. The van der Waals surface area contributed by atoms with E-state index in [-0.39, 0.29) is 25.6 Å². The molecule has 10 heteroatoms. The van der Waals surface area contributed by atoms with Crippen LogP contribution in [-0.4, -0.2) is 66.3 Å². The van der Waals surface area contributed by atoms with E-state index in [2.05, 4.69) is 13.8 Å². The largest absolute Gasteiger partial charge is 0.472 e. The molecule has 318 valence electrons. The van der Waals surface area contributed by atoms with E-state index >= 15 is 0 Å². The molecule has 3 N–H and O–H groups in total. The van der Waals surface area contributed by atoms with Crippen molar-refractivity contribution in [2.24, 2.45) is 0 Å². The summed E-state index contributed by atoms with van der Waals surface area (Å²) in [5.74, 6) is -0.375.